The molecule has 0 unspecified atom stereocenters. The summed E-state index contributed by atoms with van der Waals surface area (Å²) >= 11 is 0. The topological polar surface area (TPSA) is 72.7 Å². The second kappa shape index (κ2) is 7.50. The molecule has 0 aliphatic carbocycles. The van der Waals surface area contributed by atoms with E-state index in [9.17, 15) is 4.79 Å². The van der Waals surface area contributed by atoms with Gasteiger partial charge in [-0.3, -0.25) is 4.79 Å². The molecule has 2 aromatic carbocycles. The number of carbonyl (C=O) groups is 1. The van der Waals surface area contributed by atoms with E-state index < -0.39 is 0 Å². The molecule has 1 aromatic heterocycles. The molecule has 1 atom stereocenters. The Balaban J connectivity index is 1.79. The predicted molar refractivity (Wildman–Crippen MR) is 91.9 cm³/mol. The first-order valence-electron chi connectivity index (χ1n) is 7.97. The number of benzene rings is 2. The van der Waals surface area contributed by atoms with E-state index in [1.165, 1.54) is 6.33 Å². The van der Waals surface area contributed by atoms with Crippen LogP contribution in [0, 0.1) is 0 Å². The van der Waals surface area contributed by atoms with Crippen LogP contribution in [0.1, 0.15) is 31.2 Å². The predicted octanol–water partition coefficient (Wildman–Crippen LogP) is 3.18. The number of nitrogens with one attached hydrogen (secondary N) is 1. The largest absolute Gasteiger partial charge is 0.325 e. The third-order valence-electron chi connectivity index (χ3n) is 3.82. The lowest BCUT2D eigenvalue weighted by Gasteiger charge is -2.17. The molecule has 0 spiro atoms. The lowest BCUT2D eigenvalue weighted by Crippen LogP contribution is -2.21. The Bertz CT molecular complexity index is 786. The molecule has 0 fully saturated rings. The average Bonchev–Trinajstić information content (AvgIpc) is 3.15. The molecule has 1 amide bonds. The highest BCUT2D eigenvalue weighted by Crippen LogP contribution is 2.23. The number of amides is 1. The van der Waals surface area contributed by atoms with Gasteiger partial charge >= 0.3 is 0 Å². The molecule has 6 heteroatoms. The molecule has 1 heterocycles. The Morgan fingerprint density at radius 2 is 2.00 bits per heavy atom. The number of aromatic nitrogens is 4. The minimum absolute atomic E-state index is 0.00286. The van der Waals surface area contributed by atoms with Crippen LogP contribution in [0.5, 0.6) is 0 Å². The van der Waals surface area contributed by atoms with E-state index in [4.69, 9.17) is 0 Å². The van der Waals surface area contributed by atoms with Gasteiger partial charge in [0.05, 0.1) is 11.6 Å². The van der Waals surface area contributed by atoms with Crippen LogP contribution in [0.25, 0.3) is 5.69 Å². The fraction of sp³-hybridized carbons (Fsp3) is 0.222. The Kier molecular flexibility index (Phi) is 4.96. The maximum absolute atomic E-state index is 12.7. The molecule has 0 aliphatic heterocycles. The van der Waals surface area contributed by atoms with E-state index in [1.807, 2.05) is 54.6 Å². The third kappa shape index (κ3) is 3.65. The smallest absolute Gasteiger partial charge is 0.231 e. The van der Waals surface area contributed by atoms with E-state index in [1.54, 1.807) is 4.68 Å². The summed E-state index contributed by atoms with van der Waals surface area (Å²) in [6.45, 7) is 2.08. The van der Waals surface area contributed by atoms with Crippen LogP contribution in [0.2, 0.25) is 0 Å². The lowest BCUT2D eigenvalue weighted by atomic mass is 9.93. The quantitative estimate of drug-likeness (QED) is 0.757. The summed E-state index contributed by atoms with van der Waals surface area (Å²) in [5.74, 6) is -0.162. The average molecular weight is 321 g/mol. The molecular weight excluding hydrogens is 302 g/mol. The zero-order chi connectivity index (χ0) is 16.8. The molecule has 6 nitrogen and oxygen atoms in total. The van der Waals surface area contributed by atoms with Crippen LogP contribution in [-0.4, -0.2) is 26.1 Å². The number of nitrogens with zero attached hydrogens (tertiary/aromatic N) is 4. The van der Waals surface area contributed by atoms with Crippen LogP contribution in [0.15, 0.2) is 60.9 Å². The van der Waals surface area contributed by atoms with Crippen molar-refractivity contribution < 1.29 is 4.79 Å². The van der Waals surface area contributed by atoms with Crippen LogP contribution in [0.3, 0.4) is 0 Å². The van der Waals surface area contributed by atoms with Crippen molar-refractivity contribution in [3.8, 4) is 5.69 Å². The number of carbonyl (C=O) groups excluding carboxylic acids is 1. The Labute approximate surface area is 140 Å². The van der Waals surface area contributed by atoms with Gasteiger partial charge in [0.1, 0.15) is 6.33 Å². The fourth-order valence-corrected chi connectivity index (χ4v) is 2.66. The van der Waals surface area contributed by atoms with Gasteiger partial charge in [-0.15, -0.1) is 5.10 Å². The standard InChI is InChI=1S/C18H19N5O/c1-2-7-17(14-8-4-3-5-9-14)18(24)20-15-10-6-11-16(12-15)23-13-19-21-22-23/h3-6,8-13,17H,2,7H2,1H3,(H,20,24)/t17-/m1/s1. The van der Waals surface area contributed by atoms with Gasteiger partial charge in [-0.1, -0.05) is 49.7 Å². The van der Waals surface area contributed by atoms with Crippen molar-refractivity contribution in [2.24, 2.45) is 0 Å². The first-order chi connectivity index (χ1) is 11.8. The summed E-state index contributed by atoms with van der Waals surface area (Å²) in [5, 5.41) is 14.1. The van der Waals surface area contributed by atoms with Gasteiger partial charge in [-0.25, -0.2) is 4.68 Å². The van der Waals surface area contributed by atoms with Crippen LogP contribution >= 0.6 is 0 Å². The molecule has 0 saturated heterocycles. The normalized spacial score (nSPS) is 11.9. The molecule has 0 aliphatic rings. The summed E-state index contributed by atoms with van der Waals surface area (Å²) in [5.41, 5.74) is 2.56. The maximum atomic E-state index is 12.7. The van der Waals surface area contributed by atoms with Crippen molar-refractivity contribution in [1.29, 1.82) is 0 Å². The molecule has 3 rings (SSSR count). The van der Waals surface area contributed by atoms with Gasteiger partial charge in [0.25, 0.3) is 0 Å². The highest BCUT2D eigenvalue weighted by atomic mass is 16.1. The van der Waals surface area contributed by atoms with E-state index in [0.717, 1.165) is 29.8 Å². The van der Waals surface area contributed by atoms with Gasteiger partial charge < -0.3 is 5.32 Å². The highest BCUT2D eigenvalue weighted by molar-refractivity contribution is 5.96. The van der Waals surface area contributed by atoms with Gasteiger partial charge in [-0.2, -0.15) is 0 Å². The SMILES string of the molecule is CCC[C@@H](C(=O)Nc1cccc(-n2cnnn2)c1)c1ccccc1. The fourth-order valence-electron chi connectivity index (χ4n) is 2.66. The molecule has 1 N–H and O–H groups in total. The van der Waals surface area contributed by atoms with E-state index in [0.29, 0.717) is 0 Å². The number of rotatable bonds is 6. The molecule has 24 heavy (non-hydrogen) atoms. The molecule has 3 aromatic rings. The van der Waals surface area contributed by atoms with Crippen molar-refractivity contribution in [2.75, 3.05) is 5.32 Å². The van der Waals surface area contributed by atoms with Crippen molar-refractivity contribution in [3.05, 3.63) is 66.5 Å². The molecule has 0 radical (unpaired) electrons. The zero-order valence-corrected chi connectivity index (χ0v) is 13.5. The number of hydrogen-bond donors (Lipinski definition) is 1. The van der Waals surface area contributed by atoms with Crippen molar-refractivity contribution in [2.45, 2.75) is 25.7 Å². The van der Waals surface area contributed by atoms with E-state index in [2.05, 4.69) is 27.8 Å². The maximum Gasteiger partial charge on any atom is 0.231 e. The van der Waals surface area contributed by atoms with Crippen LogP contribution < -0.4 is 5.32 Å². The second-order valence-corrected chi connectivity index (χ2v) is 5.55. The summed E-state index contributed by atoms with van der Waals surface area (Å²) in [6.07, 6.45) is 3.27. The minimum atomic E-state index is -0.159. The van der Waals surface area contributed by atoms with Crippen molar-refractivity contribution in [1.82, 2.24) is 20.2 Å². The summed E-state index contributed by atoms with van der Waals surface area (Å²) in [4.78, 5) is 12.7. The third-order valence-corrected chi connectivity index (χ3v) is 3.82. The first kappa shape index (κ1) is 15.9. The lowest BCUT2D eigenvalue weighted by molar-refractivity contribution is -0.117. The van der Waals surface area contributed by atoms with Gasteiger partial charge in [0.15, 0.2) is 0 Å². The summed E-state index contributed by atoms with van der Waals surface area (Å²) in [6, 6.07) is 17.3. The monoisotopic (exact) mass is 321 g/mol. The van der Waals surface area contributed by atoms with Crippen LogP contribution in [-0.2, 0) is 4.79 Å². The van der Waals surface area contributed by atoms with E-state index in [-0.39, 0.29) is 11.8 Å². The number of tetrazole rings is 1. The molecule has 122 valence electrons. The Hall–Kier alpha value is -3.02. The first-order valence-corrected chi connectivity index (χ1v) is 7.97. The minimum Gasteiger partial charge on any atom is -0.325 e. The number of hydrogen-bond acceptors (Lipinski definition) is 4. The van der Waals surface area contributed by atoms with Crippen LogP contribution in [0.4, 0.5) is 5.69 Å². The summed E-state index contributed by atoms with van der Waals surface area (Å²) in [7, 11) is 0. The Morgan fingerprint density at radius 1 is 1.17 bits per heavy atom. The highest BCUT2D eigenvalue weighted by Gasteiger charge is 2.19. The molecule has 0 saturated carbocycles. The molecular formula is C18H19N5O. The van der Waals surface area contributed by atoms with Gasteiger partial charge in [-0.05, 0) is 40.6 Å². The van der Waals surface area contributed by atoms with Crippen molar-refractivity contribution >= 4 is 11.6 Å². The second-order valence-electron chi connectivity index (χ2n) is 5.55. The Morgan fingerprint density at radius 3 is 2.71 bits per heavy atom. The summed E-state index contributed by atoms with van der Waals surface area (Å²) < 4.78 is 1.55. The van der Waals surface area contributed by atoms with E-state index >= 15 is 0 Å². The molecule has 0 bridgehead atoms. The van der Waals surface area contributed by atoms with Gasteiger partial charge in [0, 0.05) is 5.69 Å². The van der Waals surface area contributed by atoms with Gasteiger partial charge in [0.2, 0.25) is 5.91 Å². The van der Waals surface area contributed by atoms with Crippen molar-refractivity contribution in [3.63, 3.8) is 0 Å². The zero-order valence-electron chi connectivity index (χ0n) is 13.5. The number of anilines is 1.